The zero-order valence-electron chi connectivity index (χ0n) is 26.4. The van der Waals surface area contributed by atoms with E-state index in [0.29, 0.717) is 47.0 Å². The maximum absolute atomic E-state index is 13.2. The second kappa shape index (κ2) is 13.7. The number of amidine groups is 1. The largest absolute Gasteiger partial charge is 0.443 e. The van der Waals surface area contributed by atoms with Gasteiger partial charge >= 0.3 is 12.2 Å². The Labute approximate surface area is 253 Å². The molecule has 0 atom stereocenters. The standard InChI is InChI=1S/C31H43N7O5/c1-9-11-37(12-10-2)27(39)20-13-23-24(36-25(32)15-20)14-21(16-33-23)22-17-34-26(35-18-22)19-38(28(40)42-30(3,4)5)29(41)43-31(6,7)8/h13-14,16-18H,9-12,15,19H2,1-8H3,(H2,32,36). The topological polar surface area (TPSA) is 153 Å². The van der Waals surface area contributed by atoms with Crippen molar-refractivity contribution in [1.82, 2.24) is 24.8 Å². The molecular formula is C31H43N7O5. The first-order chi connectivity index (χ1) is 20.1. The van der Waals surface area contributed by atoms with E-state index in [4.69, 9.17) is 15.2 Å². The minimum atomic E-state index is -0.863. The SMILES string of the molecule is CCCN(CCC)C(=O)C1=Cc2ncc(-c3cnc(CN(C(=O)OC(C)(C)C)C(=O)OC(C)(C)C)nc3)cc2N=C(N)C1. The summed E-state index contributed by atoms with van der Waals surface area (Å²) in [6.07, 6.45) is 6.77. The van der Waals surface area contributed by atoms with Crippen molar-refractivity contribution in [2.45, 2.75) is 92.4 Å². The molecule has 43 heavy (non-hydrogen) atoms. The minimum absolute atomic E-state index is 0.0589. The summed E-state index contributed by atoms with van der Waals surface area (Å²) in [5, 5.41) is 0. The Morgan fingerprint density at radius 3 is 1.91 bits per heavy atom. The summed E-state index contributed by atoms with van der Waals surface area (Å²) in [7, 11) is 0. The highest BCUT2D eigenvalue weighted by Gasteiger charge is 2.32. The highest BCUT2D eigenvalue weighted by molar-refractivity contribution is 6.05. The van der Waals surface area contributed by atoms with Gasteiger partial charge in [-0.2, -0.15) is 0 Å². The number of hydrogen-bond donors (Lipinski definition) is 1. The number of imide groups is 1. The molecular weight excluding hydrogens is 550 g/mol. The van der Waals surface area contributed by atoms with Crippen LogP contribution in [0, 0.1) is 0 Å². The molecule has 3 heterocycles. The van der Waals surface area contributed by atoms with Crippen LogP contribution in [0.15, 0.2) is 35.2 Å². The van der Waals surface area contributed by atoms with Gasteiger partial charge < -0.3 is 20.1 Å². The Kier molecular flexibility index (Phi) is 10.6. The Balaban J connectivity index is 1.86. The number of fused-ring (bicyclic) bond motifs is 1. The minimum Gasteiger partial charge on any atom is -0.443 e. The number of amides is 3. The third kappa shape index (κ3) is 9.59. The van der Waals surface area contributed by atoms with E-state index in [2.05, 4.69) is 19.9 Å². The number of carbonyl (C=O) groups is 3. The maximum Gasteiger partial charge on any atom is 0.420 e. The van der Waals surface area contributed by atoms with Crippen LogP contribution in [-0.4, -0.2) is 73.0 Å². The van der Waals surface area contributed by atoms with Crippen molar-refractivity contribution in [2.75, 3.05) is 13.1 Å². The Bertz CT molecular complexity index is 1350. The number of carbonyl (C=O) groups excluding carboxylic acids is 3. The molecule has 1 aliphatic heterocycles. The predicted molar refractivity (Wildman–Crippen MR) is 164 cm³/mol. The molecule has 0 saturated carbocycles. The average Bonchev–Trinajstić information content (AvgIpc) is 3.07. The van der Waals surface area contributed by atoms with E-state index >= 15 is 0 Å². The molecule has 232 valence electrons. The lowest BCUT2D eigenvalue weighted by atomic mass is 10.1. The molecule has 0 radical (unpaired) electrons. The van der Waals surface area contributed by atoms with Gasteiger partial charge in [-0.25, -0.2) is 29.4 Å². The highest BCUT2D eigenvalue weighted by Crippen LogP contribution is 2.30. The lowest BCUT2D eigenvalue weighted by molar-refractivity contribution is -0.127. The van der Waals surface area contributed by atoms with Gasteiger partial charge in [0.15, 0.2) is 0 Å². The summed E-state index contributed by atoms with van der Waals surface area (Å²) in [6.45, 7) is 15.4. The number of ether oxygens (including phenoxy) is 2. The molecule has 0 bridgehead atoms. The molecule has 0 aliphatic carbocycles. The van der Waals surface area contributed by atoms with Gasteiger partial charge in [-0.15, -0.1) is 0 Å². The molecule has 2 aromatic heterocycles. The third-order valence-electron chi connectivity index (χ3n) is 5.96. The fourth-order valence-corrected chi connectivity index (χ4v) is 4.19. The molecule has 2 aromatic rings. The Morgan fingerprint density at radius 2 is 1.40 bits per heavy atom. The van der Waals surface area contributed by atoms with Gasteiger partial charge in [0.2, 0.25) is 5.91 Å². The van der Waals surface area contributed by atoms with Gasteiger partial charge in [0.25, 0.3) is 0 Å². The van der Waals surface area contributed by atoms with Crippen molar-refractivity contribution in [3.8, 4) is 11.1 Å². The second-order valence-corrected chi connectivity index (χ2v) is 12.3. The zero-order chi connectivity index (χ0) is 31.9. The van der Waals surface area contributed by atoms with Crippen molar-refractivity contribution >= 4 is 35.7 Å². The average molecular weight is 594 g/mol. The molecule has 0 spiro atoms. The molecule has 3 amide bonds. The number of rotatable bonds is 8. The van der Waals surface area contributed by atoms with Crippen LogP contribution in [0.25, 0.3) is 17.2 Å². The van der Waals surface area contributed by atoms with Crippen molar-refractivity contribution < 1.29 is 23.9 Å². The number of nitrogens with zero attached hydrogens (tertiary/aromatic N) is 6. The van der Waals surface area contributed by atoms with Crippen molar-refractivity contribution in [2.24, 2.45) is 10.7 Å². The monoisotopic (exact) mass is 593 g/mol. The molecule has 0 aromatic carbocycles. The summed E-state index contributed by atoms with van der Waals surface area (Å²) in [5.41, 5.74) is 7.51. The molecule has 3 rings (SSSR count). The van der Waals surface area contributed by atoms with Gasteiger partial charge in [-0.05, 0) is 66.5 Å². The number of pyridine rings is 1. The van der Waals surface area contributed by atoms with Crippen LogP contribution in [0.2, 0.25) is 0 Å². The quantitative estimate of drug-likeness (QED) is 0.410. The van der Waals surface area contributed by atoms with E-state index in [1.807, 2.05) is 18.7 Å². The van der Waals surface area contributed by atoms with E-state index in [1.165, 1.54) is 0 Å². The third-order valence-corrected chi connectivity index (χ3v) is 5.96. The molecule has 12 nitrogen and oxygen atoms in total. The van der Waals surface area contributed by atoms with Gasteiger partial charge in [0.05, 0.1) is 17.9 Å². The van der Waals surface area contributed by atoms with Gasteiger partial charge in [-0.3, -0.25) is 9.78 Å². The number of hydrogen-bond acceptors (Lipinski definition) is 10. The molecule has 12 heteroatoms. The van der Waals surface area contributed by atoms with Crippen molar-refractivity contribution in [3.05, 3.63) is 41.7 Å². The first-order valence-corrected chi connectivity index (χ1v) is 14.5. The van der Waals surface area contributed by atoms with Crippen LogP contribution < -0.4 is 5.73 Å². The summed E-state index contributed by atoms with van der Waals surface area (Å²) in [4.78, 5) is 59.4. The fraction of sp³-hybridized carbons (Fsp3) is 0.516. The van der Waals surface area contributed by atoms with Crippen LogP contribution in [0.3, 0.4) is 0 Å². The lowest BCUT2D eigenvalue weighted by Crippen LogP contribution is -2.43. The smallest absolute Gasteiger partial charge is 0.420 e. The second-order valence-electron chi connectivity index (χ2n) is 12.3. The van der Waals surface area contributed by atoms with Gasteiger partial charge in [0, 0.05) is 54.8 Å². The number of aliphatic imine (C=N–C) groups is 1. The number of nitrogens with two attached hydrogens (primary N) is 1. The maximum atomic E-state index is 13.2. The molecule has 0 saturated heterocycles. The Morgan fingerprint density at radius 1 is 0.860 bits per heavy atom. The molecule has 2 N–H and O–H groups in total. The summed E-state index contributed by atoms with van der Waals surface area (Å²) < 4.78 is 10.8. The first-order valence-electron chi connectivity index (χ1n) is 14.5. The van der Waals surface area contributed by atoms with Gasteiger partial charge in [0.1, 0.15) is 22.9 Å². The van der Waals surface area contributed by atoms with Crippen LogP contribution in [0.4, 0.5) is 15.3 Å². The van der Waals surface area contributed by atoms with Crippen molar-refractivity contribution in [1.29, 1.82) is 0 Å². The number of aromatic nitrogens is 3. The van der Waals surface area contributed by atoms with Crippen LogP contribution in [0.1, 0.15) is 86.2 Å². The highest BCUT2D eigenvalue weighted by atomic mass is 16.6. The van der Waals surface area contributed by atoms with E-state index in [0.717, 1.165) is 17.7 Å². The summed E-state index contributed by atoms with van der Waals surface area (Å²) in [6, 6.07) is 1.81. The van der Waals surface area contributed by atoms with Gasteiger partial charge in [-0.1, -0.05) is 13.8 Å². The summed E-state index contributed by atoms with van der Waals surface area (Å²) in [5.74, 6) is 0.470. The molecule has 0 unspecified atom stereocenters. The first kappa shape index (κ1) is 33.2. The Hall–Kier alpha value is -4.35. The van der Waals surface area contributed by atoms with E-state index in [9.17, 15) is 14.4 Å². The van der Waals surface area contributed by atoms with E-state index in [1.54, 1.807) is 72.3 Å². The zero-order valence-corrected chi connectivity index (χ0v) is 26.4. The van der Waals surface area contributed by atoms with E-state index in [-0.39, 0.29) is 24.7 Å². The van der Waals surface area contributed by atoms with Crippen LogP contribution in [0.5, 0.6) is 0 Å². The predicted octanol–water partition coefficient (Wildman–Crippen LogP) is 5.64. The molecule has 1 aliphatic rings. The van der Waals surface area contributed by atoms with Crippen molar-refractivity contribution in [3.63, 3.8) is 0 Å². The normalized spacial score (nSPS) is 13.2. The fourth-order valence-electron chi connectivity index (χ4n) is 4.19. The lowest BCUT2D eigenvalue weighted by Gasteiger charge is -2.28. The van der Waals surface area contributed by atoms with Crippen LogP contribution in [-0.2, 0) is 20.8 Å². The van der Waals surface area contributed by atoms with Crippen LogP contribution >= 0.6 is 0 Å². The molecule has 0 fully saturated rings. The summed E-state index contributed by atoms with van der Waals surface area (Å²) >= 11 is 0. The van der Waals surface area contributed by atoms with E-state index < -0.39 is 23.4 Å².